The van der Waals surface area contributed by atoms with Crippen molar-refractivity contribution < 1.29 is 19.4 Å². The number of hydrogen-bond acceptors (Lipinski definition) is 4. The van der Waals surface area contributed by atoms with Gasteiger partial charge >= 0.3 is 6.03 Å². The summed E-state index contributed by atoms with van der Waals surface area (Å²) >= 11 is 0. The Bertz CT molecular complexity index is 604. The second-order valence-corrected chi connectivity index (χ2v) is 5.56. The topological polar surface area (TPSA) is 62.2 Å². The van der Waals surface area contributed by atoms with Crippen LogP contribution in [0, 0.1) is 0 Å². The lowest BCUT2D eigenvalue weighted by Gasteiger charge is -2.40. The van der Waals surface area contributed by atoms with E-state index < -0.39 is 5.72 Å². The zero-order valence-electron chi connectivity index (χ0n) is 12.7. The third-order valence-electron chi connectivity index (χ3n) is 4.72. The first-order chi connectivity index (χ1) is 9.94. The van der Waals surface area contributed by atoms with Crippen LogP contribution in [0.25, 0.3) is 0 Å². The molecule has 0 saturated carbocycles. The Morgan fingerprint density at radius 2 is 1.90 bits per heavy atom. The number of benzene rings is 1. The van der Waals surface area contributed by atoms with Crippen molar-refractivity contribution in [2.45, 2.75) is 25.1 Å². The number of carbonyl (C=O) groups excluding carboxylic acids is 1. The SMILES string of the molecule is COc1cc2c(cc1OC)[C@]1(O)[C@@H](C)N(C)C(=O)N1CC2. The molecule has 6 heteroatoms. The maximum atomic E-state index is 12.3. The highest BCUT2D eigenvalue weighted by molar-refractivity contribution is 5.79. The Morgan fingerprint density at radius 1 is 1.29 bits per heavy atom. The standard InChI is InChI=1S/C15H20N2O4/c1-9-15(19)11-8-13(21-4)12(20-3)7-10(11)5-6-17(15)14(18)16(9)2/h7-9,19H,5-6H2,1-4H3/t9-,15-/m1/s1. The van der Waals surface area contributed by atoms with E-state index in [1.807, 2.05) is 13.0 Å². The average molecular weight is 292 g/mol. The molecule has 0 bridgehead atoms. The van der Waals surface area contributed by atoms with E-state index in [0.717, 1.165) is 11.1 Å². The van der Waals surface area contributed by atoms with E-state index in [1.165, 1.54) is 4.90 Å². The summed E-state index contributed by atoms with van der Waals surface area (Å²) in [6.45, 7) is 2.34. The van der Waals surface area contributed by atoms with Crippen molar-refractivity contribution in [3.63, 3.8) is 0 Å². The molecule has 2 aliphatic rings. The second kappa shape index (κ2) is 4.53. The van der Waals surface area contributed by atoms with Gasteiger partial charge in [0.2, 0.25) is 0 Å². The molecule has 0 aromatic heterocycles. The summed E-state index contributed by atoms with van der Waals surface area (Å²) in [6, 6.07) is 3.19. The summed E-state index contributed by atoms with van der Waals surface area (Å²) < 4.78 is 10.6. The monoisotopic (exact) mass is 292 g/mol. The summed E-state index contributed by atoms with van der Waals surface area (Å²) in [5.74, 6) is 1.19. The molecule has 1 fully saturated rings. The molecule has 2 amide bonds. The molecule has 0 aliphatic carbocycles. The second-order valence-electron chi connectivity index (χ2n) is 5.56. The first-order valence-electron chi connectivity index (χ1n) is 6.97. The highest BCUT2D eigenvalue weighted by Crippen LogP contribution is 2.46. The molecule has 114 valence electrons. The molecule has 0 spiro atoms. The van der Waals surface area contributed by atoms with Crippen molar-refractivity contribution in [1.82, 2.24) is 9.80 Å². The van der Waals surface area contributed by atoms with Crippen molar-refractivity contribution in [1.29, 1.82) is 0 Å². The highest BCUT2D eigenvalue weighted by atomic mass is 16.5. The number of amides is 2. The van der Waals surface area contributed by atoms with Gasteiger partial charge in [0.15, 0.2) is 17.2 Å². The molecule has 21 heavy (non-hydrogen) atoms. The average Bonchev–Trinajstić information content (AvgIpc) is 2.67. The Kier molecular flexibility index (Phi) is 3.02. The number of ether oxygens (including phenoxy) is 2. The van der Waals surface area contributed by atoms with Crippen LogP contribution in [0.1, 0.15) is 18.1 Å². The Morgan fingerprint density at radius 3 is 2.52 bits per heavy atom. The summed E-state index contributed by atoms with van der Waals surface area (Å²) in [5.41, 5.74) is 0.386. The van der Waals surface area contributed by atoms with Crippen LogP contribution in [-0.4, -0.2) is 54.8 Å². The van der Waals surface area contributed by atoms with Crippen LogP contribution in [0.2, 0.25) is 0 Å². The van der Waals surface area contributed by atoms with Crippen molar-refractivity contribution >= 4 is 6.03 Å². The Balaban J connectivity index is 2.19. The molecule has 2 aliphatic heterocycles. The fourth-order valence-corrected chi connectivity index (χ4v) is 3.34. The molecular formula is C15H20N2O4. The maximum absolute atomic E-state index is 12.3. The van der Waals surface area contributed by atoms with E-state index in [1.54, 1.807) is 32.2 Å². The largest absolute Gasteiger partial charge is 0.493 e. The van der Waals surface area contributed by atoms with Crippen molar-refractivity contribution in [2.75, 3.05) is 27.8 Å². The van der Waals surface area contributed by atoms with Crippen LogP contribution in [-0.2, 0) is 12.1 Å². The van der Waals surface area contributed by atoms with Crippen LogP contribution in [0.4, 0.5) is 4.79 Å². The molecule has 2 heterocycles. The third-order valence-corrected chi connectivity index (χ3v) is 4.72. The van der Waals surface area contributed by atoms with Crippen molar-refractivity contribution in [3.05, 3.63) is 23.3 Å². The molecule has 1 saturated heterocycles. The zero-order chi connectivity index (χ0) is 15.4. The number of rotatable bonds is 2. The summed E-state index contributed by atoms with van der Waals surface area (Å²) in [7, 11) is 4.86. The minimum atomic E-state index is -1.32. The van der Waals surface area contributed by atoms with Crippen molar-refractivity contribution in [3.8, 4) is 11.5 Å². The summed E-state index contributed by atoms with van der Waals surface area (Å²) in [5, 5.41) is 11.2. The predicted octanol–water partition coefficient (Wildman–Crippen LogP) is 1.16. The fourth-order valence-electron chi connectivity index (χ4n) is 3.34. The number of urea groups is 1. The number of nitrogens with zero attached hydrogens (tertiary/aromatic N) is 2. The van der Waals surface area contributed by atoms with E-state index in [9.17, 15) is 9.90 Å². The molecule has 6 nitrogen and oxygen atoms in total. The minimum absolute atomic E-state index is 0.148. The summed E-state index contributed by atoms with van der Waals surface area (Å²) in [6.07, 6.45) is 0.685. The number of methoxy groups -OCH3 is 2. The highest BCUT2D eigenvalue weighted by Gasteiger charge is 2.56. The maximum Gasteiger partial charge on any atom is 0.322 e. The molecule has 1 aromatic carbocycles. The molecule has 1 aromatic rings. The van der Waals surface area contributed by atoms with Gasteiger partial charge in [-0.1, -0.05) is 0 Å². The normalized spacial score (nSPS) is 27.5. The Hall–Kier alpha value is -1.95. The van der Waals surface area contributed by atoms with E-state index in [0.29, 0.717) is 24.5 Å². The van der Waals surface area contributed by atoms with Gasteiger partial charge in [0.1, 0.15) is 0 Å². The number of hydrogen-bond donors (Lipinski definition) is 1. The predicted molar refractivity (Wildman–Crippen MR) is 76.5 cm³/mol. The third kappa shape index (κ3) is 1.65. The van der Waals surface area contributed by atoms with Crippen LogP contribution >= 0.6 is 0 Å². The summed E-state index contributed by atoms with van der Waals surface area (Å²) in [4.78, 5) is 15.4. The van der Waals surface area contributed by atoms with Gasteiger partial charge in [0.25, 0.3) is 0 Å². The van der Waals surface area contributed by atoms with Gasteiger partial charge in [-0.05, 0) is 31.0 Å². The van der Waals surface area contributed by atoms with Gasteiger partial charge in [0.05, 0.1) is 20.3 Å². The number of likely N-dealkylation sites (N-methyl/N-ethyl adjacent to an activating group) is 1. The first kappa shape index (κ1) is 14.0. The number of fused-ring (bicyclic) bond motifs is 3. The molecule has 0 unspecified atom stereocenters. The van der Waals surface area contributed by atoms with E-state index in [-0.39, 0.29) is 12.1 Å². The van der Waals surface area contributed by atoms with Gasteiger partial charge < -0.3 is 19.5 Å². The van der Waals surface area contributed by atoms with Crippen LogP contribution in [0.15, 0.2) is 12.1 Å². The molecule has 2 atom stereocenters. The lowest BCUT2D eigenvalue weighted by molar-refractivity contribution is -0.0944. The Labute approximate surface area is 123 Å². The molecular weight excluding hydrogens is 272 g/mol. The lowest BCUT2D eigenvalue weighted by atomic mass is 9.86. The number of carbonyl (C=O) groups is 1. The molecule has 3 rings (SSSR count). The van der Waals surface area contributed by atoms with Gasteiger partial charge in [0, 0.05) is 19.2 Å². The smallest absolute Gasteiger partial charge is 0.322 e. The molecule has 0 radical (unpaired) electrons. The van der Waals surface area contributed by atoms with Gasteiger partial charge in [-0.2, -0.15) is 0 Å². The van der Waals surface area contributed by atoms with E-state index >= 15 is 0 Å². The van der Waals surface area contributed by atoms with Crippen LogP contribution < -0.4 is 9.47 Å². The van der Waals surface area contributed by atoms with Gasteiger partial charge in [-0.15, -0.1) is 0 Å². The molecule has 1 N–H and O–H groups in total. The quantitative estimate of drug-likeness (QED) is 0.888. The first-order valence-corrected chi connectivity index (χ1v) is 6.97. The van der Waals surface area contributed by atoms with Crippen LogP contribution in [0.5, 0.6) is 11.5 Å². The van der Waals surface area contributed by atoms with E-state index in [4.69, 9.17) is 9.47 Å². The van der Waals surface area contributed by atoms with Gasteiger partial charge in [-0.3, -0.25) is 4.90 Å². The van der Waals surface area contributed by atoms with E-state index in [2.05, 4.69) is 0 Å². The number of aliphatic hydroxyl groups is 1. The minimum Gasteiger partial charge on any atom is -0.493 e. The fraction of sp³-hybridized carbons (Fsp3) is 0.533. The van der Waals surface area contributed by atoms with Crippen molar-refractivity contribution in [2.24, 2.45) is 0 Å². The van der Waals surface area contributed by atoms with Gasteiger partial charge in [-0.25, -0.2) is 4.79 Å². The van der Waals surface area contributed by atoms with Crippen LogP contribution in [0.3, 0.4) is 0 Å². The zero-order valence-corrected chi connectivity index (χ0v) is 12.7. The lowest BCUT2D eigenvalue weighted by Crippen LogP contribution is -2.51.